The predicted molar refractivity (Wildman–Crippen MR) is 105 cm³/mol. The summed E-state index contributed by atoms with van der Waals surface area (Å²) in [5.74, 6) is 2.04. The fourth-order valence-electron chi connectivity index (χ4n) is 3.63. The molecule has 1 aromatic heterocycles. The molecular formula is C22H23N3O3. The summed E-state index contributed by atoms with van der Waals surface area (Å²) in [4.78, 5) is 4.49. The van der Waals surface area contributed by atoms with Crippen molar-refractivity contribution in [3.05, 3.63) is 71.0 Å². The van der Waals surface area contributed by atoms with Crippen molar-refractivity contribution in [3.8, 4) is 23.1 Å². The standard InChI is InChI=1S/C22H23N3O3/c1-13(2)11-25-12-24-22-20(21(25)23)19(14-4-7-16(27-3)8-5-14)17-9-6-15(26)10-18(17)28-22/h4-10,12-13,19,23,26H,11H2,1-3H3/t19-/m1/s1. The minimum absolute atomic E-state index is 0.132. The summed E-state index contributed by atoms with van der Waals surface area (Å²) in [5, 5.41) is 18.7. The molecule has 1 aliphatic heterocycles. The smallest absolute Gasteiger partial charge is 0.228 e. The number of phenols is 1. The summed E-state index contributed by atoms with van der Waals surface area (Å²) in [6, 6.07) is 12.9. The third kappa shape index (κ3) is 3.11. The second-order valence-electron chi connectivity index (χ2n) is 7.39. The van der Waals surface area contributed by atoms with Gasteiger partial charge >= 0.3 is 0 Å². The van der Waals surface area contributed by atoms with Gasteiger partial charge in [0.15, 0.2) is 0 Å². The van der Waals surface area contributed by atoms with Gasteiger partial charge in [-0.25, -0.2) is 4.98 Å². The van der Waals surface area contributed by atoms with E-state index in [9.17, 15) is 5.11 Å². The van der Waals surface area contributed by atoms with Gasteiger partial charge < -0.3 is 19.1 Å². The minimum atomic E-state index is -0.218. The number of benzene rings is 2. The van der Waals surface area contributed by atoms with E-state index in [2.05, 4.69) is 18.8 Å². The van der Waals surface area contributed by atoms with Crippen molar-refractivity contribution in [2.24, 2.45) is 5.92 Å². The average molecular weight is 377 g/mol. The Balaban J connectivity index is 1.93. The molecule has 2 aromatic carbocycles. The molecule has 0 saturated heterocycles. The molecule has 0 unspecified atom stereocenters. The molecule has 0 fully saturated rings. The molecule has 2 N–H and O–H groups in total. The zero-order valence-electron chi connectivity index (χ0n) is 16.1. The van der Waals surface area contributed by atoms with Crippen LogP contribution in [0.4, 0.5) is 0 Å². The van der Waals surface area contributed by atoms with Crippen LogP contribution in [0, 0.1) is 11.3 Å². The van der Waals surface area contributed by atoms with Crippen LogP contribution in [0.5, 0.6) is 23.1 Å². The summed E-state index contributed by atoms with van der Waals surface area (Å²) in [7, 11) is 1.64. The molecule has 28 heavy (non-hydrogen) atoms. The molecule has 2 heterocycles. The van der Waals surface area contributed by atoms with Crippen molar-refractivity contribution in [1.82, 2.24) is 9.55 Å². The summed E-state index contributed by atoms with van der Waals surface area (Å²) < 4.78 is 13.1. The highest BCUT2D eigenvalue weighted by molar-refractivity contribution is 5.57. The number of hydrogen-bond donors (Lipinski definition) is 2. The highest BCUT2D eigenvalue weighted by Gasteiger charge is 2.32. The molecule has 0 spiro atoms. The lowest BCUT2D eigenvalue weighted by atomic mass is 9.84. The van der Waals surface area contributed by atoms with Crippen molar-refractivity contribution < 1.29 is 14.6 Å². The molecule has 6 heteroatoms. The van der Waals surface area contributed by atoms with Crippen LogP contribution < -0.4 is 15.0 Å². The first-order valence-corrected chi connectivity index (χ1v) is 9.26. The highest BCUT2D eigenvalue weighted by atomic mass is 16.5. The van der Waals surface area contributed by atoms with Gasteiger partial charge in [-0.05, 0) is 29.7 Å². The van der Waals surface area contributed by atoms with Gasteiger partial charge in [0.2, 0.25) is 5.88 Å². The highest BCUT2D eigenvalue weighted by Crippen LogP contribution is 2.46. The fraction of sp³-hybridized carbons (Fsp3) is 0.273. The number of rotatable bonds is 4. The van der Waals surface area contributed by atoms with Crippen LogP contribution in [0.3, 0.4) is 0 Å². The number of nitrogens with one attached hydrogen (secondary N) is 1. The van der Waals surface area contributed by atoms with E-state index in [1.165, 1.54) is 0 Å². The van der Waals surface area contributed by atoms with Gasteiger partial charge in [0.05, 0.1) is 12.7 Å². The van der Waals surface area contributed by atoms with Crippen LogP contribution in [-0.4, -0.2) is 21.8 Å². The number of hydrogen-bond acceptors (Lipinski definition) is 5. The van der Waals surface area contributed by atoms with Gasteiger partial charge in [0.1, 0.15) is 29.1 Å². The third-order valence-electron chi connectivity index (χ3n) is 4.90. The molecule has 144 valence electrons. The van der Waals surface area contributed by atoms with Crippen LogP contribution in [0.1, 0.15) is 36.5 Å². The Morgan fingerprint density at radius 2 is 1.96 bits per heavy atom. The number of aromatic hydroxyl groups is 1. The van der Waals surface area contributed by atoms with E-state index in [0.29, 0.717) is 29.6 Å². The van der Waals surface area contributed by atoms with Gasteiger partial charge in [-0.15, -0.1) is 0 Å². The maximum absolute atomic E-state index is 9.90. The Bertz CT molecular complexity index is 1070. The largest absolute Gasteiger partial charge is 0.508 e. The Kier molecular flexibility index (Phi) is 4.55. The van der Waals surface area contributed by atoms with Gasteiger partial charge in [0.25, 0.3) is 0 Å². The van der Waals surface area contributed by atoms with E-state index in [-0.39, 0.29) is 11.7 Å². The lowest BCUT2D eigenvalue weighted by Gasteiger charge is -2.29. The van der Waals surface area contributed by atoms with Crippen LogP contribution in [0.25, 0.3) is 0 Å². The van der Waals surface area contributed by atoms with E-state index in [1.54, 1.807) is 25.6 Å². The van der Waals surface area contributed by atoms with E-state index >= 15 is 0 Å². The van der Waals surface area contributed by atoms with Crippen molar-refractivity contribution in [1.29, 1.82) is 5.41 Å². The van der Waals surface area contributed by atoms with Gasteiger partial charge in [-0.2, -0.15) is 0 Å². The Labute approximate surface area is 163 Å². The lowest BCUT2D eigenvalue weighted by molar-refractivity contribution is 0.407. The SMILES string of the molecule is COc1ccc([C@@H]2c3ccc(O)cc3Oc3ncn(CC(C)C)c(=N)c32)cc1. The number of methoxy groups -OCH3 is 1. The van der Waals surface area contributed by atoms with Gasteiger partial charge in [0, 0.05) is 24.1 Å². The van der Waals surface area contributed by atoms with E-state index in [4.69, 9.17) is 14.9 Å². The van der Waals surface area contributed by atoms with E-state index in [0.717, 1.165) is 22.4 Å². The van der Waals surface area contributed by atoms with Crippen LogP contribution in [0.15, 0.2) is 48.8 Å². The van der Waals surface area contributed by atoms with Crippen molar-refractivity contribution in [2.75, 3.05) is 7.11 Å². The van der Waals surface area contributed by atoms with Crippen LogP contribution in [-0.2, 0) is 6.54 Å². The monoisotopic (exact) mass is 377 g/mol. The van der Waals surface area contributed by atoms with Crippen LogP contribution >= 0.6 is 0 Å². The number of ether oxygens (including phenoxy) is 2. The zero-order valence-corrected chi connectivity index (χ0v) is 16.1. The molecular weight excluding hydrogens is 354 g/mol. The zero-order chi connectivity index (χ0) is 19.8. The second kappa shape index (κ2) is 7.03. The van der Waals surface area contributed by atoms with Gasteiger partial charge in [-0.3, -0.25) is 5.41 Å². The van der Waals surface area contributed by atoms with Crippen molar-refractivity contribution >= 4 is 0 Å². The number of fused-ring (bicyclic) bond motifs is 2. The van der Waals surface area contributed by atoms with Crippen molar-refractivity contribution in [2.45, 2.75) is 26.3 Å². The molecule has 0 saturated carbocycles. The first kappa shape index (κ1) is 18.1. The summed E-state index contributed by atoms with van der Waals surface area (Å²) in [6.45, 7) is 4.93. The maximum atomic E-state index is 9.90. The molecule has 1 aliphatic rings. The molecule has 0 radical (unpaired) electrons. The fourth-order valence-corrected chi connectivity index (χ4v) is 3.63. The van der Waals surface area contributed by atoms with E-state index < -0.39 is 0 Å². The molecule has 3 aromatic rings. The molecule has 0 amide bonds. The average Bonchev–Trinajstić information content (AvgIpc) is 2.68. The first-order valence-electron chi connectivity index (χ1n) is 9.26. The topological polar surface area (TPSA) is 80.4 Å². The summed E-state index contributed by atoms with van der Waals surface area (Å²) in [5.41, 5.74) is 3.02. The number of phenolic OH excluding ortho intramolecular Hbond substituents is 1. The Hall–Kier alpha value is -3.28. The molecule has 0 aliphatic carbocycles. The molecule has 4 rings (SSSR count). The van der Waals surface area contributed by atoms with Gasteiger partial charge in [-0.1, -0.05) is 32.0 Å². The quantitative estimate of drug-likeness (QED) is 0.563. The number of nitrogens with zero attached hydrogens (tertiary/aromatic N) is 2. The minimum Gasteiger partial charge on any atom is -0.508 e. The van der Waals surface area contributed by atoms with E-state index in [1.807, 2.05) is 34.9 Å². The summed E-state index contributed by atoms with van der Waals surface area (Å²) >= 11 is 0. The third-order valence-corrected chi connectivity index (χ3v) is 4.90. The molecule has 1 atom stereocenters. The number of aromatic nitrogens is 2. The normalized spacial score (nSPS) is 14.9. The maximum Gasteiger partial charge on any atom is 0.228 e. The molecule has 6 nitrogen and oxygen atoms in total. The predicted octanol–water partition coefficient (Wildman–Crippen LogP) is 4.02. The Morgan fingerprint density at radius 1 is 1.21 bits per heavy atom. The summed E-state index contributed by atoms with van der Waals surface area (Å²) in [6.07, 6.45) is 1.65. The van der Waals surface area contributed by atoms with Crippen molar-refractivity contribution in [3.63, 3.8) is 0 Å². The Morgan fingerprint density at radius 3 is 2.64 bits per heavy atom. The first-order chi connectivity index (χ1) is 13.5. The lowest BCUT2D eigenvalue weighted by Crippen LogP contribution is -2.30. The molecule has 0 bridgehead atoms. The second-order valence-corrected chi connectivity index (χ2v) is 7.39. The van der Waals surface area contributed by atoms with Crippen LogP contribution in [0.2, 0.25) is 0 Å².